The van der Waals surface area contributed by atoms with Gasteiger partial charge >= 0.3 is 0 Å². The zero-order valence-corrected chi connectivity index (χ0v) is 12.6. The van der Waals surface area contributed by atoms with Crippen LogP contribution in [0.3, 0.4) is 0 Å². The molecule has 106 valence electrons. The molecule has 1 saturated carbocycles. The number of halogens is 2. The highest BCUT2D eigenvalue weighted by Crippen LogP contribution is 2.27. The Balaban J connectivity index is 1.58. The summed E-state index contributed by atoms with van der Waals surface area (Å²) in [5, 5.41) is 11.5. The van der Waals surface area contributed by atoms with Crippen molar-refractivity contribution in [3.05, 3.63) is 45.9 Å². The van der Waals surface area contributed by atoms with E-state index in [0.29, 0.717) is 12.1 Å². The van der Waals surface area contributed by atoms with E-state index in [1.807, 2.05) is 12.3 Å². The third-order valence-electron chi connectivity index (χ3n) is 3.37. The van der Waals surface area contributed by atoms with Gasteiger partial charge in [-0.25, -0.2) is 9.07 Å². The van der Waals surface area contributed by atoms with Crippen molar-refractivity contribution in [1.82, 2.24) is 20.3 Å². The van der Waals surface area contributed by atoms with E-state index in [9.17, 15) is 4.39 Å². The Morgan fingerprint density at radius 1 is 1.40 bits per heavy atom. The summed E-state index contributed by atoms with van der Waals surface area (Å²) in [4.78, 5) is 0. The largest absolute Gasteiger partial charge is 0.311 e. The van der Waals surface area contributed by atoms with Crippen LogP contribution in [0.15, 0.2) is 28.9 Å². The van der Waals surface area contributed by atoms with Crippen LogP contribution >= 0.6 is 15.9 Å². The molecule has 2 aromatic rings. The maximum atomic E-state index is 13.7. The van der Waals surface area contributed by atoms with Crippen LogP contribution in [0.25, 0.3) is 0 Å². The minimum absolute atomic E-state index is 0.233. The van der Waals surface area contributed by atoms with Crippen molar-refractivity contribution in [2.24, 2.45) is 5.92 Å². The Morgan fingerprint density at radius 3 is 3.00 bits per heavy atom. The van der Waals surface area contributed by atoms with Gasteiger partial charge in [-0.3, -0.25) is 0 Å². The molecule has 1 aromatic heterocycles. The van der Waals surface area contributed by atoms with Gasteiger partial charge in [0.15, 0.2) is 0 Å². The molecule has 0 radical (unpaired) electrons. The second-order valence-corrected chi connectivity index (χ2v) is 6.13. The van der Waals surface area contributed by atoms with E-state index in [-0.39, 0.29) is 5.82 Å². The molecule has 0 unspecified atom stereocenters. The number of nitrogens with zero attached hydrogens (tertiary/aromatic N) is 3. The summed E-state index contributed by atoms with van der Waals surface area (Å²) < 4.78 is 16.1. The van der Waals surface area contributed by atoms with E-state index in [4.69, 9.17) is 0 Å². The molecular formula is C14H16BrFN4. The van der Waals surface area contributed by atoms with E-state index >= 15 is 0 Å². The van der Waals surface area contributed by atoms with Crippen molar-refractivity contribution >= 4 is 15.9 Å². The van der Waals surface area contributed by atoms with Crippen molar-refractivity contribution in [3.8, 4) is 0 Å². The number of nitrogens with one attached hydrogen (secondary N) is 1. The molecule has 1 aliphatic rings. The molecule has 0 saturated heterocycles. The van der Waals surface area contributed by atoms with Crippen molar-refractivity contribution in [2.75, 3.05) is 6.54 Å². The molecule has 3 rings (SSSR count). The lowest BCUT2D eigenvalue weighted by atomic mass is 10.2. The lowest BCUT2D eigenvalue weighted by molar-refractivity contribution is 0.576. The first-order valence-corrected chi connectivity index (χ1v) is 7.53. The Labute approximate surface area is 125 Å². The Morgan fingerprint density at radius 2 is 2.25 bits per heavy atom. The summed E-state index contributed by atoms with van der Waals surface area (Å²) in [5.74, 6) is 0.616. The first-order valence-electron chi connectivity index (χ1n) is 6.74. The molecule has 1 aliphatic carbocycles. The van der Waals surface area contributed by atoms with Crippen LogP contribution in [0.2, 0.25) is 0 Å². The van der Waals surface area contributed by atoms with E-state index in [1.165, 1.54) is 18.9 Å². The van der Waals surface area contributed by atoms with E-state index < -0.39 is 0 Å². The lowest BCUT2D eigenvalue weighted by Crippen LogP contribution is -2.16. The summed E-state index contributed by atoms with van der Waals surface area (Å²) in [5.41, 5.74) is 1.50. The fourth-order valence-electron chi connectivity index (χ4n) is 2.05. The van der Waals surface area contributed by atoms with Crippen LogP contribution in [-0.2, 0) is 13.1 Å². The van der Waals surface area contributed by atoms with Crippen LogP contribution in [0.4, 0.5) is 4.39 Å². The van der Waals surface area contributed by atoms with Gasteiger partial charge in [-0.1, -0.05) is 27.2 Å². The topological polar surface area (TPSA) is 42.7 Å². The maximum absolute atomic E-state index is 13.7. The van der Waals surface area contributed by atoms with Gasteiger partial charge in [0, 0.05) is 16.6 Å². The van der Waals surface area contributed by atoms with Crippen molar-refractivity contribution in [2.45, 2.75) is 25.9 Å². The van der Waals surface area contributed by atoms with Gasteiger partial charge in [-0.15, -0.1) is 5.10 Å². The highest BCUT2D eigenvalue weighted by atomic mass is 79.9. The standard InChI is InChI=1S/C14H16BrFN4/c15-12-4-3-11(14(16)5-12)8-20-9-13(18-19-20)7-17-6-10-1-2-10/h3-5,9-10,17H,1-2,6-8H2. The molecule has 0 aliphatic heterocycles. The van der Waals surface area contributed by atoms with E-state index in [1.54, 1.807) is 10.7 Å². The van der Waals surface area contributed by atoms with Crippen molar-refractivity contribution in [1.29, 1.82) is 0 Å². The van der Waals surface area contributed by atoms with Crippen molar-refractivity contribution < 1.29 is 4.39 Å². The predicted octanol–water partition coefficient (Wildman–Crippen LogP) is 2.73. The van der Waals surface area contributed by atoms with Gasteiger partial charge in [0.2, 0.25) is 0 Å². The van der Waals surface area contributed by atoms with Crippen LogP contribution < -0.4 is 5.32 Å². The second-order valence-electron chi connectivity index (χ2n) is 5.22. The highest BCUT2D eigenvalue weighted by Gasteiger charge is 2.20. The fourth-order valence-corrected chi connectivity index (χ4v) is 2.38. The number of benzene rings is 1. The molecule has 1 aromatic carbocycles. The average molecular weight is 339 g/mol. The Bertz CT molecular complexity index is 595. The molecule has 1 heterocycles. The van der Waals surface area contributed by atoms with E-state index in [0.717, 1.165) is 29.2 Å². The van der Waals surface area contributed by atoms with Gasteiger partial charge in [-0.05, 0) is 37.4 Å². The molecule has 1 fully saturated rings. The second kappa shape index (κ2) is 6.01. The lowest BCUT2D eigenvalue weighted by Gasteiger charge is -2.03. The minimum Gasteiger partial charge on any atom is -0.311 e. The molecule has 0 spiro atoms. The smallest absolute Gasteiger partial charge is 0.129 e. The van der Waals surface area contributed by atoms with Crippen LogP contribution in [0.5, 0.6) is 0 Å². The quantitative estimate of drug-likeness (QED) is 0.880. The summed E-state index contributed by atoms with van der Waals surface area (Å²) in [6.45, 7) is 2.17. The minimum atomic E-state index is -0.233. The molecule has 0 atom stereocenters. The zero-order chi connectivity index (χ0) is 13.9. The monoisotopic (exact) mass is 338 g/mol. The average Bonchev–Trinajstić information content (AvgIpc) is 3.12. The fraction of sp³-hybridized carbons (Fsp3) is 0.429. The normalized spacial score (nSPS) is 14.7. The maximum Gasteiger partial charge on any atom is 0.129 e. The van der Waals surface area contributed by atoms with Gasteiger partial charge in [0.25, 0.3) is 0 Å². The molecule has 0 amide bonds. The predicted molar refractivity (Wildman–Crippen MR) is 77.7 cm³/mol. The Hall–Kier alpha value is -1.27. The van der Waals surface area contributed by atoms with Gasteiger partial charge in [-0.2, -0.15) is 0 Å². The first kappa shape index (κ1) is 13.7. The van der Waals surface area contributed by atoms with Crippen LogP contribution in [0, 0.1) is 11.7 Å². The SMILES string of the molecule is Fc1cc(Br)ccc1Cn1cc(CNCC2CC2)nn1. The van der Waals surface area contributed by atoms with Gasteiger partial charge in [0.05, 0.1) is 18.4 Å². The Kier molecular flexibility index (Phi) is 4.12. The number of hydrogen-bond donors (Lipinski definition) is 1. The third-order valence-corrected chi connectivity index (χ3v) is 3.86. The third kappa shape index (κ3) is 3.64. The van der Waals surface area contributed by atoms with E-state index in [2.05, 4.69) is 31.6 Å². The number of rotatable bonds is 6. The van der Waals surface area contributed by atoms with Gasteiger partial charge in [0.1, 0.15) is 5.82 Å². The summed E-state index contributed by atoms with van der Waals surface area (Å²) in [6, 6.07) is 5.05. The summed E-state index contributed by atoms with van der Waals surface area (Å²) in [7, 11) is 0. The van der Waals surface area contributed by atoms with Crippen LogP contribution in [-0.4, -0.2) is 21.5 Å². The molecule has 4 nitrogen and oxygen atoms in total. The van der Waals surface area contributed by atoms with Crippen LogP contribution in [0.1, 0.15) is 24.1 Å². The van der Waals surface area contributed by atoms with Crippen molar-refractivity contribution in [3.63, 3.8) is 0 Å². The summed E-state index contributed by atoms with van der Waals surface area (Å²) >= 11 is 3.25. The van der Waals surface area contributed by atoms with Gasteiger partial charge < -0.3 is 5.32 Å². The molecular weight excluding hydrogens is 323 g/mol. The number of aromatic nitrogens is 3. The summed E-state index contributed by atoms with van der Waals surface area (Å²) in [6.07, 6.45) is 4.53. The molecule has 20 heavy (non-hydrogen) atoms. The zero-order valence-electron chi connectivity index (χ0n) is 11.0. The molecule has 6 heteroatoms. The first-order chi connectivity index (χ1) is 9.70. The number of hydrogen-bond acceptors (Lipinski definition) is 3. The molecule has 0 bridgehead atoms. The molecule has 1 N–H and O–H groups in total. The highest BCUT2D eigenvalue weighted by molar-refractivity contribution is 9.10.